The Kier molecular flexibility index (Phi) is 5.10. The molecule has 2 aromatic rings. The SMILES string of the molecule is CCc1ncc(NC(=O)N2CCC[C@H]2c2ccc(COC)o2)cn1. The van der Waals surface area contributed by atoms with E-state index in [0.717, 1.165) is 36.6 Å². The lowest BCUT2D eigenvalue weighted by Crippen LogP contribution is -2.34. The van der Waals surface area contributed by atoms with E-state index in [4.69, 9.17) is 9.15 Å². The van der Waals surface area contributed by atoms with Crippen LogP contribution < -0.4 is 5.32 Å². The van der Waals surface area contributed by atoms with Gasteiger partial charge in [-0.1, -0.05) is 6.92 Å². The van der Waals surface area contributed by atoms with Gasteiger partial charge in [0.1, 0.15) is 24.0 Å². The van der Waals surface area contributed by atoms with Crippen molar-refractivity contribution < 1.29 is 13.9 Å². The molecule has 1 N–H and O–H groups in total. The molecule has 0 aromatic carbocycles. The molecule has 0 aliphatic carbocycles. The molecule has 2 amide bonds. The summed E-state index contributed by atoms with van der Waals surface area (Å²) in [6, 6.07) is 3.61. The number of aryl methyl sites for hydroxylation is 1. The molecule has 0 radical (unpaired) electrons. The number of nitrogens with one attached hydrogen (secondary N) is 1. The van der Waals surface area contributed by atoms with Crippen molar-refractivity contribution in [2.24, 2.45) is 0 Å². The van der Waals surface area contributed by atoms with Gasteiger partial charge >= 0.3 is 6.03 Å². The number of methoxy groups -OCH3 is 1. The Morgan fingerprint density at radius 1 is 1.42 bits per heavy atom. The summed E-state index contributed by atoms with van der Waals surface area (Å²) in [7, 11) is 1.63. The van der Waals surface area contributed by atoms with Crippen LogP contribution in [-0.4, -0.2) is 34.6 Å². The van der Waals surface area contributed by atoms with E-state index >= 15 is 0 Å². The minimum absolute atomic E-state index is 0.0496. The quantitative estimate of drug-likeness (QED) is 0.911. The predicted octanol–water partition coefficient (Wildman–Crippen LogP) is 3.15. The maximum Gasteiger partial charge on any atom is 0.322 e. The zero-order valence-corrected chi connectivity index (χ0v) is 14.0. The summed E-state index contributed by atoms with van der Waals surface area (Å²) >= 11 is 0. The molecule has 1 atom stereocenters. The Hall–Kier alpha value is -2.41. The molecule has 1 fully saturated rings. The normalized spacial score (nSPS) is 17.2. The van der Waals surface area contributed by atoms with Crippen molar-refractivity contribution in [3.05, 3.63) is 41.9 Å². The summed E-state index contributed by atoms with van der Waals surface area (Å²) < 4.78 is 10.9. The third kappa shape index (κ3) is 3.56. The number of hydrogen-bond donors (Lipinski definition) is 1. The Bertz CT molecular complexity index is 683. The van der Waals surface area contributed by atoms with Gasteiger partial charge in [-0.25, -0.2) is 14.8 Å². The van der Waals surface area contributed by atoms with E-state index < -0.39 is 0 Å². The lowest BCUT2D eigenvalue weighted by Gasteiger charge is -2.23. The van der Waals surface area contributed by atoms with Gasteiger partial charge in [0.2, 0.25) is 0 Å². The van der Waals surface area contributed by atoms with Crippen LogP contribution in [0.2, 0.25) is 0 Å². The fourth-order valence-electron chi connectivity index (χ4n) is 2.90. The summed E-state index contributed by atoms with van der Waals surface area (Å²) in [6.45, 7) is 3.12. The van der Waals surface area contributed by atoms with Crippen molar-refractivity contribution in [2.45, 2.75) is 38.8 Å². The Labute approximate surface area is 141 Å². The van der Waals surface area contributed by atoms with E-state index in [0.29, 0.717) is 18.8 Å². The third-order valence-electron chi connectivity index (χ3n) is 4.08. The third-order valence-corrected chi connectivity index (χ3v) is 4.08. The molecule has 2 aromatic heterocycles. The maximum atomic E-state index is 12.6. The monoisotopic (exact) mass is 330 g/mol. The van der Waals surface area contributed by atoms with Gasteiger partial charge in [-0.3, -0.25) is 0 Å². The second kappa shape index (κ2) is 7.44. The maximum absolute atomic E-state index is 12.6. The van der Waals surface area contributed by atoms with Crippen molar-refractivity contribution in [3.8, 4) is 0 Å². The van der Waals surface area contributed by atoms with Crippen molar-refractivity contribution in [3.63, 3.8) is 0 Å². The van der Waals surface area contributed by atoms with Crippen LogP contribution in [0.1, 0.15) is 43.2 Å². The number of carbonyl (C=O) groups excluding carboxylic acids is 1. The molecule has 7 heteroatoms. The predicted molar refractivity (Wildman–Crippen MR) is 88.5 cm³/mol. The van der Waals surface area contributed by atoms with Crippen LogP contribution >= 0.6 is 0 Å². The van der Waals surface area contributed by atoms with Gasteiger partial charge in [0.15, 0.2) is 0 Å². The van der Waals surface area contributed by atoms with Gasteiger partial charge in [-0.05, 0) is 25.0 Å². The molecule has 24 heavy (non-hydrogen) atoms. The molecule has 0 bridgehead atoms. The molecule has 0 unspecified atom stereocenters. The van der Waals surface area contributed by atoms with Gasteiger partial charge in [0.05, 0.1) is 24.1 Å². The van der Waals surface area contributed by atoms with E-state index in [9.17, 15) is 4.79 Å². The molecular formula is C17H22N4O3. The minimum Gasteiger partial charge on any atom is -0.461 e. The van der Waals surface area contributed by atoms with E-state index in [-0.39, 0.29) is 12.1 Å². The lowest BCUT2D eigenvalue weighted by atomic mass is 10.2. The summed E-state index contributed by atoms with van der Waals surface area (Å²) in [6.07, 6.45) is 5.88. The highest BCUT2D eigenvalue weighted by molar-refractivity contribution is 5.89. The van der Waals surface area contributed by atoms with Crippen LogP contribution in [0.3, 0.4) is 0 Å². The molecule has 0 spiro atoms. The van der Waals surface area contributed by atoms with Gasteiger partial charge in [-0.15, -0.1) is 0 Å². The number of urea groups is 1. The number of aromatic nitrogens is 2. The molecule has 3 rings (SSSR count). The summed E-state index contributed by atoms with van der Waals surface area (Å²) in [4.78, 5) is 22.8. The van der Waals surface area contributed by atoms with Crippen LogP contribution in [-0.2, 0) is 17.8 Å². The Morgan fingerprint density at radius 2 is 2.21 bits per heavy atom. The molecule has 128 valence electrons. The van der Waals surface area contributed by atoms with Gasteiger partial charge in [0, 0.05) is 20.1 Å². The number of rotatable bonds is 5. The standard InChI is InChI=1S/C17H22N4O3/c1-3-16-18-9-12(10-19-16)20-17(22)21-8-4-5-14(21)15-7-6-13(24-15)11-23-2/h6-7,9-10,14H,3-5,8,11H2,1-2H3,(H,20,22)/t14-/m0/s1. The van der Waals surface area contributed by atoms with Gasteiger partial charge < -0.3 is 19.4 Å². The molecule has 1 saturated heterocycles. The molecular weight excluding hydrogens is 308 g/mol. The number of amides is 2. The molecule has 1 aliphatic rings. The second-order valence-corrected chi connectivity index (χ2v) is 5.76. The van der Waals surface area contributed by atoms with E-state index in [2.05, 4.69) is 15.3 Å². The summed E-state index contributed by atoms with van der Waals surface area (Å²) in [5.74, 6) is 2.32. The van der Waals surface area contributed by atoms with Gasteiger partial charge in [0.25, 0.3) is 0 Å². The first kappa shape index (κ1) is 16.4. The summed E-state index contributed by atoms with van der Waals surface area (Å²) in [5.41, 5.74) is 0.599. The van der Waals surface area contributed by atoms with Gasteiger partial charge in [-0.2, -0.15) is 0 Å². The van der Waals surface area contributed by atoms with Crippen LogP contribution in [0.4, 0.5) is 10.5 Å². The molecule has 3 heterocycles. The van der Waals surface area contributed by atoms with Crippen LogP contribution in [0, 0.1) is 0 Å². The highest BCUT2D eigenvalue weighted by atomic mass is 16.5. The topological polar surface area (TPSA) is 80.5 Å². The second-order valence-electron chi connectivity index (χ2n) is 5.76. The van der Waals surface area contributed by atoms with Crippen molar-refractivity contribution >= 4 is 11.7 Å². The largest absolute Gasteiger partial charge is 0.461 e. The number of furan rings is 1. The van der Waals surface area contributed by atoms with E-state index in [1.54, 1.807) is 24.4 Å². The van der Waals surface area contributed by atoms with Crippen molar-refractivity contribution in [1.29, 1.82) is 0 Å². The fraction of sp³-hybridized carbons (Fsp3) is 0.471. The number of anilines is 1. The number of likely N-dealkylation sites (tertiary alicyclic amines) is 1. The van der Waals surface area contributed by atoms with Crippen molar-refractivity contribution in [1.82, 2.24) is 14.9 Å². The zero-order valence-electron chi connectivity index (χ0n) is 14.0. The molecule has 1 aliphatic heterocycles. The average Bonchev–Trinajstić information content (AvgIpc) is 3.24. The first-order chi connectivity index (χ1) is 11.7. The number of hydrogen-bond acceptors (Lipinski definition) is 5. The number of nitrogens with zero attached hydrogens (tertiary/aromatic N) is 3. The fourth-order valence-corrected chi connectivity index (χ4v) is 2.90. The zero-order chi connectivity index (χ0) is 16.9. The van der Waals surface area contributed by atoms with E-state index in [1.807, 2.05) is 19.1 Å². The molecule has 7 nitrogen and oxygen atoms in total. The highest BCUT2D eigenvalue weighted by Crippen LogP contribution is 2.33. The smallest absolute Gasteiger partial charge is 0.322 e. The van der Waals surface area contributed by atoms with Crippen LogP contribution in [0.15, 0.2) is 28.9 Å². The Morgan fingerprint density at radius 3 is 2.92 bits per heavy atom. The van der Waals surface area contributed by atoms with Crippen molar-refractivity contribution in [2.75, 3.05) is 19.0 Å². The first-order valence-electron chi connectivity index (χ1n) is 8.17. The van der Waals surface area contributed by atoms with Crippen LogP contribution in [0.25, 0.3) is 0 Å². The van der Waals surface area contributed by atoms with Crippen LogP contribution in [0.5, 0.6) is 0 Å². The average molecular weight is 330 g/mol. The minimum atomic E-state index is -0.157. The Balaban J connectivity index is 1.68. The number of ether oxygens (including phenoxy) is 1. The van der Waals surface area contributed by atoms with E-state index in [1.165, 1.54) is 0 Å². The highest BCUT2D eigenvalue weighted by Gasteiger charge is 2.32. The number of carbonyl (C=O) groups is 1. The first-order valence-corrected chi connectivity index (χ1v) is 8.17. The lowest BCUT2D eigenvalue weighted by molar-refractivity contribution is 0.157. The summed E-state index contributed by atoms with van der Waals surface area (Å²) in [5, 5.41) is 2.86. The molecule has 0 saturated carbocycles.